The summed E-state index contributed by atoms with van der Waals surface area (Å²) in [6.07, 6.45) is 1.02. The number of benzene rings is 1. The second kappa shape index (κ2) is 15.6. The Kier molecular flexibility index (Phi) is 11.6. The molecule has 0 saturated carbocycles. The number of hydrogen-bond acceptors (Lipinski definition) is 9. The highest BCUT2D eigenvalue weighted by atomic mass is 35.5. The summed E-state index contributed by atoms with van der Waals surface area (Å²) < 4.78 is 34.9. The van der Waals surface area contributed by atoms with Crippen LogP contribution in [-0.4, -0.2) is 92.1 Å². The number of amides is 2. The minimum absolute atomic E-state index is 0.137. The van der Waals surface area contributed by atoms with Gasteiger partial charge in [-0.1, -0.05) is 31.2 Å². The molecule has 1 aromatic carbocycles. The molecular weight excluding hydrogens is 693 g/mol. The van der Waals surface area contributed by atoms with Gasteiger partial charge < -0.3 is 29.7 Å². The lowest BCUT2D eigenvalue weighted by Crippen LogP contribution is -2.42. The van der Waals surface area contributed by atoms with Crippen molar-refractivity contribution in [3.8, 4) is 17.0 Å². The molecule has 4 heterocycles. The fourth-order valence-electron chi connectivity index (χ4n) is 5.35. The predicted octanol–water partition coefficient (Wildman–Crippen LogP) is 7.37. The maximum atomic E-state index is 15.3. The van der Waals surface area contributed by atoms with Crippen molar-refractivity contribution in [1.82, 2.24) is 24.8 Å². The van der Waals surface area contributed by atoms with Gasteiger partial charge in [0.2, 0.25) is 0 Å². The molecule has 0 radical (unpaired) electrons. The van der Waals surface area contributed by atoms with Gasteiger partial charge in [-0.25, -0.2) is 19.2 Å². The van der Waals surface area contributed by atoms with Crippen LogP contribution in [0.2, 0.25) is 30.7 Å². The van der Waals surface area contributed by atoms with Crippen molar-refractivity contribution >= 4 is 59.9 Å². The van der Waals surface area contributed by atoms with Crippen LogP contribution in [0.25, 0.3) is 22.3 Å². The molecule has 0 aliphatic carbocycles. The number of pyridine rings is 2. The number of carbonyl (C=O) groups excluding carboxylic acids is 2. The molecule has 1 aliphatic rings. The fraction of sp³-hybridized carbons (Fsp3) is 0.444. The van der Waals surface area contributed by atoms with E-state index in [0.29, 0.717) is 52.8 Å². The number of ether oxygens (including phenoxy) is 3. The second-order valence-corrected chi connectivity index (χ2v) is 21.0. The van der Waals surface area contributed by atoms with Gasteiger partial charge in [-0.05, 0) is 77.3 Å². The van der Waals surface area contributed by atoms with Crippen molar-refractivity contribution in [3.05, 3.63) is 59.1 Å². The van der Waals surface area contributed by atoms with Gasteiger partial charge in [0.05, 0.1) is 23.6 Å². The van der Waals surface area contributed by atoms with Gasteiger partial charge in [0, 0.05) is 49.9 Å². The zero-order valence-corrected chi connectivity index (χ0v) is 32.3. The zero-order chi connectivity index (χ0) is 37.1. The number of halogens is 2. The van der Waals surface area contributed by atoms with Gasteiger partial charge in [-0.2, -0.15) is 0 Å². The molecule has 4 aromatic rings. The lowest BCUT2D eigenvalue weighted by Gasteiger charge is -2.32. The molecule has 0 saturated heterocycles. The van der Waals surface area contributed by atoms with Crippen LogP contribution in [0.15, 0.2) is 42.6 Å². The largest absolute Gasteiger partial charge is 0.486 e. The molecular formula is C36H47ClFN7O5Si. The lowest BCUT2D eigenvalue weighted by atomic mass is 10.1. The molecule has 0 spiro atoms. The van der Waals surface area contributed by atoms with Gasteiger partial charge >= 0.3 is 6.09 Å². The first-order chi connectivity index (χ1) is 24.0. The minimum Gasteiger partial charge on any atom is -0.486 e. The van der Waals surface area contributed by atoms with Crippen molar-refractivity contribution < 1.29 is 28.2 Å². The number of hydrogen-bond donors (Lipinski definition) is 2. The van der Waals surface area contributed by atoms with Crippen LogP contribution in [0.4, 0.5) is 26.4 Å². The summed E-state index contributed by atoms with van der Waals surface area (Å²) in [4.78, 5) is 39.7. The first-order valence-electron chi connectivity index (χ1n) is 16.9. The molecule has 0 atom stereocenters. The van der Waals surface area contributed by atoms with Crippen LogP contribution in [0, 0.1) is 5.82 Å². The van der Waals surface area contributed by atoms with E-state index in [2.05, 4.69) is 35.3 Å². The summed E-state index contributed by atoms with van der Waals surface area (Å²) in [5.74, 6) is -0.361. The summed E-state index contributed by atoms with van der Waals surface area (Å²) in [5.41, 5.74) is 1.52. The molecule has 274 valence electrons. The van der Waals surface area contributed by atoms with Crippen LogP contribution < -0.4 is 20.3 Å². The van der Waals surface area contributed by atoms with E-state index >= 15 is 4.39 Å². The Morgan fingerprint density at radius 3 is 2.59 bits per heavy atom. The summed E-state index contributed by atoms with van der Waals surface area (Å²) in [6.45, 7) is 14.3. The Labute approximate surface area is 304 Å². The summed E-state index contributed by atoms with van der Waals surface area (Å²) in [5, 5.41) is 7.39. The maximum Gasteiger partial charge on any atom is 0.416 e. The van der Waals surface area contributed by atoms with Gasteiger partial charge in [-0.15, -0.1) is 0 Å². The zero-order valence-electron chi connectivity index (χ0n) is 30.5. The molecule has 0 bridgehead atoms. The predicted molar refractivity (Wildman–Crippen MR) is 202 cm³/mol. The third kappa shape index (κ3) is 9.55. The van der Waals surface area contributed by atoms with Crippen LogP contribution in [-0.2, 0) is 16.2 Å². The topological polar surface area (TPSA) is 123 Å². The molecule has 0 unspecified atom stereocenters. The van der Waals surface area contributed by atoms with E-state index in [1.165, 1.54) is 23.1 Å². The summed E-state index contributed by atoms with van der Waals surface area (Å²) in [6, 6.07) is 10.4. The highest BCUT2D eigenvalue weighted by Gasteiger charge is 2.32. The molecule has 5 rings (SSSR count). The SMILES string of the molecule is CN(C)CCNC(=O)c1cc2c(Nc3cc(-c4cc(Cl)ccc4F)nc4c3OCCN4C(=O)OC(C)(C)C)ccnc2n1COCC[Si](C)(C)C. The monoisotopic (exact) mass is 739 g/mol. The van der Waals surface area contributed by atoms with Crippen molar-refractivity contribution in [2.24, 2.45) is 0 Å². The maximum absolute atomic E-state index is 15.3. The number of likely N-dealkylation sites (N-methyl/N-ethyl adjacent to an activating group) is 1. The van der Waals surface area contributed by atoms with E-state index in [-0.39, 0.29) is 48.6 Å². The Hall–Kier alpha value is -4.24. The number of rotatable bonds is 12. The third-order valence-electron chi connectivity index (χ3n) is 7.95. The van der Waals surface area contributed by atoms with Crippen molar-refractivity contribution in [2.75, 3.05) is 57.2 Å². The lowest BCUT2D eigenvalue weighted by molar-refractivity contribution is 0.0566. The van der Waals surface area contributed by atoms with Crippen LogP contribution in [0.1, 0.15) is 31.3 Å². The number of fused-ring (bicyclic) bond motifs is 2. The van der Waals surface area contributed by atoms with E-state index < -0.39 is 25.6 Å². The first-order valence-corrected chi connectivity index (χ1v) is 21.0. The minimum atomic E-state index is -1.35. The van der Waals surface area contributed by atoms with E-state index in [1.54, 1.807) is 49.7 Å². The van der Waals surface area contributed by atoms with Gasteiger partial charge in [0.25, 0.3) is 5.91 Å². The van der Waals surface area contributed by atoms with Crippen molar-refractivity contribution in [1.29, 1.82) is 0 Å². The van der Waals surface area contributed by atoms with E-state index in [0.717, 1.165) is 6.04 Å². The molecule has 3 aromatic heterocycles. The normalized spacial score (nSPS) is 13.3. The molecule has 1 aliphatic heterocycles. The van der Waals surface area contributed by atoms with Crippen molar-refractivity contribution in [3.63, 3.8) is 0 Å². The van der Waals surface area contributed by atoms with Crippen LogP contribution in [0.3, 0.4) is 0 Å². The van der Waals surface area contributed by atoms with Gasteiger partial charge in [0.1, 0.15) is 36.1 Å². The Morgan fingerprint density at radius 1 is 1.12 bits per heavy atom. The van der Waals surface area contributed by atoms with Crippen molar-refractivity contribution in [2.45, 2.75) is 58.8 Å². The van der Waals surface area contributed by atoms with Gasteiger partial charge in [-0.3, -0.25) is 14.3 Å². The molecule has 0 fully saturated rings. The van der Waals surface area contributed by atoms with Crippen LogP contribution >= 0.6 is 11.6 Å². The molecule has 51 heavy (non-hydrogen) atoms. The second-order valence-electron chi connectivity index (χ2n) is 14.9. The summed E-state index contributed by atoms with van der Waals surface area (Å²) >= 11 is 6.28. The number of aromatic nitrogens is 3. The number of nitrogens with zero attached hydrogens (tertiary/aromatic N) is 5. The molecule has 2 N–H and O–H groups in total. The summed E-state index contributed by atoms with van der Waals surface area (Å²) in [7, 11) is 2.54. The highest BCUT2D eigenvalue weighted by Crippen LogP contribution is 2.43. The smallest absolute Gasteiger partial charge is 0.416 e. The molecule has 15 heteroatoms. The molecule has 12 nitrogen and oxygen atoms in total. The fourth-order valence-corrected chi connectivity index (χ4v) is 6.28. The Balaban J connectivity index is 1.60. The van der Waals surface area contributed by atoms with E-state index in [9.17, 15) is 9.59 Å². The Bertz CT molecular complexity index is 1910. The van der Waals surface area contributed by atoms with E-state index in [1.807, 2.05) is 19.0 Å². The van der Waals surface area contributed by atoms with E-state index in [4.69, 9.17) is 30.8 Å². The quantitative estimate of drug-likeness (QED) is 0.113. The first kappa shape index (κ1) is 38.0. The molecule has 2 amide bonds. The van der Waals surface area contributed by atoms with Crippen LogP contribution in [0.5, 0.6) is 5.75 Å². The third-order valence-corrected chi connectivity index (χ3v) is 9.89. The van der Waals surface area contributed by atoms with Gasteiger partial charge in [0.15, 0.2) is 11.6 Å². The number of anilines is 3. The Morgan fingerprint density at radius 2 is 1.88 bits per heavy atom. The number of nitrogens with one attached hydrogen (secondary N) is 2. The standard InChI is InChI=1S/C36H47ClFN7O5Si/c1-36(2,3)50-35(47)44-15-16-49-31-29(21-28(42-33(31)44)24-19-23(37)9-10-26(24)38)41-27-11-12-39-32-25(27)20-30(34(46)40-13-14-43(4)5)45(32)22-48-17-18-51(6,7)8/h9-12,19-21H,13-18,22H2,1-8H3,(H,40,46)(H,39,41,42). The highest BCUT2D eigenvalue weighted by molar-refractivity contribution is 6.76. The average molecular weight is 740 g/mol. The average Bonchev–Trinajstić information content (AvgIpc) is 3.42. The number of carbonyl (C=O) groups is 2.